The van der Waals surface area contributed by atoms with Crippen molar-refractivity contribution < 1.29 is 28.7 Å². The van der Waals surface area contributed by atoms with Gasteiger partial charge < -0.3 is 30.1 Å². The van der Waals surface area contributed by atoms with Gasteiger partial charge in [0.2, 0.25) is 5.91 Å². The van der Waals surface area contributed by atoms with Gasteiger partial charge in [0.1, 0.15) is 24.9 Å². The molecule has 0 bridgehead atoms. The molecule has 1 amide bonds. The summed E-state index contributed by atoms with van der Waals surface area (Å²) >= 11 is 0. The van der Waals surface area contributed by atoms with Gasteiger partial charge in [0.15, 0.2) is 0 Å². The Kier molecular flexibility index (Phi) is 9.77. The van der Waals surface area contributed by atoms with Crippen LogP contribution >= 0.6 is 0 Å². The predicted octanol–water partition coefficient (Wildman–Crippen LogP) is 0.249. The summed E-state index contributed by atoms with van der Waals surface area (Å²) in [6, 6.07) is 6.17. The lowest BCUT2D eigenvalue weighted by Crippen LogP contribution is -2.37. The first kappa shape index (κ1) is 22.9. The Labute approximate surface area is 160 Å². The lowest BCUT2D eigenvalue weighted by molar-refractivity contribution is -0.870. The molecule has 152 valence electrons. The minimum Gasteiger partial charge on any atom is -0.492 e. The third kappa shape index (κ3) is 11.2. The van der Waals surface area contributed by atoms with Crippen LogP contribution in [0, 0.1) is 0 Å². The molecule has 1 rings (SSSR count). The number of carboxylic acid groups (broad SMARTS) is 1. The zero-order chi connectivity index (χ0) is 20.3. The summed E-state index contributed by atoms with van der Waals surface area (Å²) in [6.07, 6.45) is 0.595. The van der Waals surface area contributed by atoms with Crippen LogP contribution < -0.4 is 15.8 Å². The average molecular weight is 382 g/mol. The number of quaternary nitrogens is 1. The number of amides is 1. The Bertz CT molecular complexity index is 584. The summed E-state index contributed by atoms with van der Waals surface area (Å²) in [6.45, 7) is 2.70. The Balaban J connectivity index is 2.13. The minimum atomic E-state index is -1.02. The van der Waals surface area contributed by atoms with E-state index in [0.29, 0.717) is 38.5 Å². The number of aliphatic carboxylic acids is 1. The van der Waals surface area contributed by atoms with Gasteiger partial charge in [-0.2, -0.15) is 0 Å². The molecule has 0 spiro atoms. The second-order valence-corrected chi connectivity index (χ2v) is 7.37. The molecule has 1 aromatic rings. The number of nitrogens with zero attached hydrogens (tertiary/aromatic N) is 1. The lowest BCUT2D eigenvalue weighted by atomic mass is 10.1. The fourth-order valence-corrected chi connectivity index (χ4v) is 2.12. The van der Waals surface area contributed by atoms with Crippen molar-refractivity contribution in [2.45, 2.75) is 18.9 Å². The highest BCUT2D eigenvalue weighted by molar-refractivity contribution is 5.75. The monoisotopic (exact) mass is 382 g/mol. The van der Waals surface area contributed by atoms with Crippen molar-refractivity contribution >= 4 is 11.9 Å². The van der Waals surface area contributed by atoms with E-state index in [1.165, 1.54) is 0 Å². The zero-order valence-corrected chi connectivity index (χ0v) is 16.4. The summed E-state index contributed by atoms with van der Waals surface area (Å²) in [5, 5.41) is 11.6. The molecule has 27 heavy (non-hydrogen) atoms. The molecule has 0 unspecified atom stereocenters. The second-order valence-electron chi connectivity index (χ2n) is 7.37. The minimum absolute atomic E-state index is 0.0677. The van der Waals surface area contributed by atoms with Gasteiger partial charge in [0.05, 0.1) is 40.9 Å². The predicted molar refractivity (Wildman–Crippen MR) is 103 cm³/mol. The summed E-state index contributed by atoms with van der Waals surface area (Å²) in [4.78, 5) is 22.5. The Morgan fingerprint density at radius 2 is 1.81 bits per heavy atom. The van der Waals surface area contributed by atoms with E-state index in [1.807, 2.05) is 0 Å². The third-order valence-electron chi connectivity index (χ3n) is 3.77. The van der Waals surface area contributed by atoms with E-state index in [0.717, 1.165) is 16.6 Å². The number of ether oxygens (including phenoxy) is 2. The number of nitrogens with one attached hydrogen (secondary N) is 1. The number of hydrogen-bond acceptors (Lipinski definition) is 5. The van der Waals surface area contributed by atoms with Crippen molar-refractivity contribution in [3.63, 3.8) is 0 Å². The molecule has 0 saturated carbocycles. The zero-order valence-electron chi connectivity index (χ0n) is 16.4. The van der Waals surface area contributed by atoms with E-state index < -0.39 is 12.0 Å². The number of carbonyl (C=O) groups excluding carboxylic acids is 1. The summed E-state index contributed by atoms with van der Waals surface area (Å²) in [7, 11) is 6.28. The van der Waals surface area contributed by atoms with E-state index >= 15 is 0 Å². The molecule has 4 N–H and O–H groups in total. The van der Waals surface area contributed by atoms with Crippen molar-refractivity contribution in [3.8, 4) is 5.75 Å². The van der Waals surface area contributed by atoms with Crippen molar-refractivity contribution in [3.05, 3.63) is 29.8 Å². The quantitative estimate of drug-likeness (QED) is 0.333. The first-order valence-electron chi connectivity index (χ1n) is 9.02. The molecular formula is C19H32N3O5+. The van der Waals surface area contributed by atoms with Crippen molar-refractivity contribution in [1.82, 2.24) is 5.32 Å². The molecule has 0 heterocycles. The maximum absolute atomic E-state index is 11.7. The molecule has 0 aliphatic carbocycles. The highest BCUT2D eigenvalue weighted by atomic mass is 16.5. The third-order valence-corrected chi connectivity index (χ3v) is 3.77. The molecule has 0 fully saturated rings. The van der Waals surface area contributed by atoms with Gasteiger partial charge in [-0.05, 0) is 24.1 Å². The van der Waals surface area contributed by atoms with Gasteiger partial charge in [0, 0.05) is 6.42 Å². The number of nitrogens with two attached hydrogens (primary N) is 1. The average Bonchev–Trinajstić information content (AvgIpc) is 2.58. The first-order chi connectivity index (χ1) is 12.7. The van der Waals surface area contributed by atoms with Gasteiger partial charge in [-0.3, -0.25) is 9.59 Å². The van der Waals surface area contributed by atoms with Crippen LogP contribution in [0.3, 0.4) is 0 Å². The fraction of sp³-hybridized carbons (Fsp3) is 0.579. The number of likely N-dealkylation sites (N-methyl/N-ethyl adjacent to an activating group) is 1. The highest BCUT2D eigenvalue weighted by Crippen LogP contribution is 2.13. The van der Waals surface area contributed by atoms with Crippen LogP contribution in [0.1, 0.15) is 12.0 Å². The molecule has 0 aliphatic heterocycles. The number of rotatable bonds is 13. The van der Waals surface area contributed by atoms with E-state index in [-0.39, 0.29) is 12.3 Å². The van der Waals surface area contributed by atoms with E-state index in [1.54, 1.807) is 24.3 Å². The number of hydrogen-bond donors (Lipinski definition) is 3. The van der Waals surface area contributed by atoms with Crippen molar-refractivity contribution in [2.24, 2.45) is 5.73 Å². The SMILES string of the molecule is C[N+](C)(C)CCOCCC(=O)NCCOc1ccc(C[C@H](N)C(=O)O)cc1. The van der Waals surface area contributed by atoms with Crippen LogP contribution in [0.15, 0.2) is 24.3 Å². The Morgan fingerprint density at radius 3 is 2.41 bits per heavy atom. The molecule has 0 aromatic heterocycles. The number of benzene rings is 1. The summed E-state index contributed by atoms with van der Waals surface area (Å²) < 4.78 is 11.8. The number of carbonyl (C=O) groups is 2. The topological polar surface area (TPSA) is 111 Å². The number of carboxylic acids is 1. The van der Waals surface area contributed by atoms with Crippen LogP contribution in [-0.2, 0) is 20.7 Å². The molecule has 1 atom stereocenters. The molecule has 0 aliphatic rings. The van der Waals surface area contributed by atoms with E-state index in [9.17, 15) is 9.59 Å². The van der Waals surface area contributed by atoms with Crippen LogP contribution in [-0.4, -0.2) is 81.6 Å². The molecule has 8 heteroatoms. The maximum atomic E-state index is 11.7. The Morgan fingerprint density at radius 1 is 1.15 bits per heavy atom. The van der Waals surface area contributed by atoms with E-state index in [2.05, 4.69) is 26.5 Å². The Hall–Kier alpha value is -2.16. The first-order valence-corrected chi connectivity index (χ1v) is 9.02. The smallest absolute Gasteiger partial charge is 0.320 e. The van der Waals surface area contributed by atoms with Gasteiger partial charge in [-0.15, -0.1) is 0 Å². The van der Waals surface area contributed by atoms with Crippen LogP contribution in [0.25, 0.3) is 0 Å². The van der Waals surface area contributed by atoms with Gasteiger partial charge in [-0.1, -0.05) is 12.1 Å². The molecule has 0 radical (unpaired) electrons. The molecular weight excluding hydrogens is 350 g/mol. The van der Waals surface area contributed by atoms with Crippen LogP contribution in [0.5, 0.6) is 5.75 Å². The van der Waals surface area contributed by atoms with Crippen LogP contribution in [0.4, 0.5) is 0 Å². The van der Waals surface area contributed by atoms with Gasteiger partial charge in [-0.25, -0.2) is 0 Å². The van der Waals surface area contributed by atoms with Crippen molar-refractivity contribution in [1.29, 1.82) is 0 Å². The molecule has 0 saturated heterocycles. The van der Waals surface area contributed by atoms with Crippen molar-refractivity contribution in [2.75, 3.05) is 54.1 Å². The molecule has 1 aromatic carbocycles. The summed E-state index contributed by atoms with van der Waals surface area (Å²) in [5.74, 6) is -0.438. The van der Waals surface area contributed by atoms with Gasteiger partial charge >= 0.3 is 5.97 Å². The second kappa shape index (κ2) is 11.5. The largest absolute Gasteiger partial charge is 0.492 e. The fourth-order valence-electron chi connectivity index (χ4n) is 2.12. The maximum Gasteiger partial charge on any atom is 0.320 e. The highest BCUT2D eigenvalue weighted by Gasteiger charge is 2.12. The lowest BCUT2D eigenvalue weighted by Gasteiger charge is -2.23. The summed E-state index contributed by atoms with van der Waals surface area (Å²) in [5.41, 5.74) is 6.33. The standard InChI is InChI=1S/C19H31N3O5/c1-22(2,3)10-13-26-11-8-18(23)21-9-12-27-16-6-4-15(5-7-16)14-17(20)19(24)25/h4-7,17H,8-14,20H2,1-3H3,(H-,21,23,24,25)/p+1/t17-/m0/s1. The van der Waals surface area contributed by atoms with E-state index in [4.69, 9.17) is 20.3 Å². The van der Waals surface area contributed by atoms with Crippen LogP contribution in [0.2, 0.25) is 0 Å². The van der Waals surface area contributed by atoms with Gasteiger partial charge in [0.25, 0.3) is 0 Å². The molecule has 8 nitrogen and oxygen atoms in total. The normalized spacial score (nSPS) is 12.4.